The van der Waals surface area contributed by atoms with E-state index in [1.165, 1.54) is 41.3 Å². The number of halogens is 2. The van der Waals surface area contributed by atoms with Gasteiger partial charge < -0.3 is 9.64 Å². The number of rotatable bonds is 8. The molecule has 0 saturated heterocycles. The molecule has 0 radical (unpaired) electrons. The van der Waals surface area contributed by atoms with Crippen LogP contribution in [0, 0.1) is 11.6 Å². The van der Waals surface area contributed by atoms with Gasteiger partial charge in [0.15, 0.2) is 0 Å². The summed E-state index contributed by atoms with van der Waals surface area (Å²) < 4.78 is 33.9. The molecule has 0 saturated carbocycles. The van der Waals surface area contributed by atoms with Gasteiger partial charge in [-0.1, -0.05) is 60.7 Å². The van der Waals surface area contributed by atoms with Crippen molar-refractivity contribution in [2.45, 2.75) is 12.5 Å². The van der Waals surface area contributed by atoms with Gasteiger partial charge in [0, 0.05) is 25.6 Å². The normalized spacial score (nSPS) is 15.1. The van der Waals surface area contributed by atoms with Crippen molar-refractivity contribution >= 4 is 17.5 Å². The van der Waals surface area contributed by atoms with Crippen molar-refractivity contribution in [1.29, 1.82) is 0 Å². The second-order valence-corrected chi connectivity index (χ2v) is 8.09. The van der Waals surface area contributed by atoms with Crippen molar-refractivity contribution in [3.63, 3.8) is 0 Å². The van der Waals surface area contributed by atoms with Crippen LogP contribution in [0.25, 0.3) is 0 Å². The number of hydrogen-bond acceptors (Lipinski definition) is 4. The standard InChI is InChI=1S/C27H25F2N3O3/c1-35-16-15-31(27(34)21-12-6-8-14-23(21)29)18-26(33)32-25(19-9-3-2-4-10-19)17-24(30-32)20-11-5-7-13-22(20)28/h2-14,25H,15-18H2,1H3. The molecule has 0 bridgehead atoms. The van der Waals surface area contributed by atoms with Crippen LogP contribution in [0.5, 0.6) is 0 Å². The Bertz CT molecular complexity index is 1230. The van der Waals surface area contributed by atoms with E-state index in [9.17, 15) is 18.4 Å². The highest BCUT2D eigenvalue weighted by atomic mass is 19.1. The van der Waals surface area contributed by atoms with E-state index in [0.29, 0.717) is 17.7 Å². The quantitative estimate of drug-likeness (QED) is 0.482. The third-order valence-corrected chi connectivity index (χ3v) is 5.82. The van der Waals surface area contributed by atoms with Crippen molar-refractivity contribution in [1.82, 2.24) is 9.91 Å². The fraction of sp³-hybridized carbons (Fsp3) is 0.222. The summed E-state index contributed by atoms with van der Waals surface area (Å²) in [5, 5.41) is 5.77. The lowest BCUT2D eigenvalue weighted by Crippen LogP contribution is -2.43. The van der Waals surface area contributed by atoms with E-state index in [2.05, 4.69) is 5.10 Å². The van der Waals surface area contributed by atoms with Crippen LogP contribution in [0.3, 0.4) is 0 Å². The molecule has 1 heterocycles. The Morgan fingerprint density at radius 2 is 1.63 bits per heavy atom. The smallest absolute Gasteiger partial charge is 0.262 e. The van der Waals surface area contributed by atoms with Crippen molar-refractivity contribution in [3.8, 4) is 0 Å². The van der Waals surface area contributed by atoms with E-state index >= 15 is 0 Å². The first-order valence-corrected chi connectivity index (χ1v) is 11.2. The van der Waals surface area contributed by atoms with E-state index < -0.39 is 29.5 Å². The predicted molar refractivity (Wildman–Crippen MR) is 128 cm³/mol. The molecule has 1 aliphatic heterocycles. The van der Waals surface area contributed by atoms with Crippen molar-refractivity contribution in [3.05, 3.63) is 107 Å². The zero-order chi connectivity index (χ0) is 24.8. The molecule has 6 nitrogen and oxygen atoms in total. The predicted octanol–water partition coefficient (Wildman–Crippen LogP) is 4.43. The van der Waals surface area contributed by atoms with Crippen LogP contribution in [0.4, 0.5) is 8.78 Å². The van der Waals surface area contributed by atoms with Crippen molar-refractivity contribution < 1.29 is 23.1 Å². The van der Waals surface area contributed by atoms with Gasteiger partial charge in [-0.25, -0.2) is 13.8 Å². The molecule has 35 heavy (non-hydrogen) atoms. The lowest BCUT2D eigenvalue weighted by atomic mass is 9.98. The average molecular weight is 478 g/mol. The van der Waals surface area contributed by atoms with Gasteiger partial charge in [-0.2, -0.15) is 5.10 Å². The number of carbonyl (C=O) groups is 2. The SMILES string of the molecule is COCCN(CC(=O)N1N=C(c2ccccc2F)CC1c1ccccc1)C(=O)c1ccccc1F. The minimum absolute atomic E-state index is 0.0864. The molecule has 4 rings (SSSR count). The summed E-state index contributed by atoms with van der Waals surface area (Å²) in [6.45, 7) is -0.0869. The first-order valence-electron chi connectivity index (χ1n) is 11.2. The summed E-state index contributed by atoms with van der Waals surface area (Å²) in [5.74, 6) is -2.19. The van der Waals surface area contributed by atoms with E-state index in [1.54, 1.807) is 24.3 Å². The topological polar surface area (TPSA) is 62.2 Å². The Labute approximate surface area is 202 Å². The van der Waals surface area contributed by atoms with Gasteiger partial charge in [0.2, 0.25) is 0 Å². The number of ether oxygens (including phenoxy) is 1. The minimum atomic E-state index is -0.671. The maximum atomic E-state index is 14.5. The second kappa shape index (κ2) is 11.0. The molecular formula is C27H25F2N3O3. The molecule has 1 atom stereocenters. The lowest BCUT2D eigenvalue weighted by molar-refractivity contribution is -0.133. The summed E-state index contributed by atoms with van der Waals surface area (Å²) in [7, 11) is 1.48. The molecule has 0 aromatic heterocycles. The highest BCUT2D eigenvalue weighted by molar-refractivity contribution is 6.04. The van der Waals surface area contributed by atoms with E-state index in [-0.39, 0.29) is 25.3 Å². The van der Waals surface area contributed by atoms with Gasteiger partial charge in [0.1, 0.15) is 18.2 Å². The Kier molecular flexibility index (Phi) is 7.62. The maximum absolute atomic E-state index is 14.5. The molecular weight excluding hydrogens is 452 g/mol. The second-order valence-electron chi connectivity index (χ2n) is 8.09. The van der Waals surface area contributed by atoms with Crippen LogP contribution in [0.2, 0.25) is 0 Å². The zero-order valence-corrected chi connectivity index (χ0v) is 19.2. The Morgan fingerprint density at radius 1 is 0.971 bits per heavy atom. The third kappa shape index (κ3) is 5.44. The Balaban J connectivity index is 1.64. The molecule has 1 unspecified atom stereocenters. The fourth-order valence-electron chi connectivity index (χ4n) is 4.03. The largest absolute Gasteiger partial charge is 0.383 e. The first-order chi connectivity index (χ1) is 17.0. The van der Waals surface area contributed by atoms with Crippen LogP contribution >= 0.6 is 0 Å². The van der Waals surface area contributed by atoms with Crippen LogP contribution in [-0.4, -0.2) is 54.2 Å². The van der Waals surface area contributed by atoms with Crippen molar-refractivity contribution in [2.75, 3.05) is 26.8 Å². The van der Waals surface area contributed by atoms with Gasteiger partial charge in [0.05, 0.1) is 23.9 Å². The molecule has 0 N–H and O–H groups in total. The highest BCUT2D eigenvalue weighted by Crippen LogP contribution is 2.33. The van der Waals surface area contributed by atoms with Crippen LogP contribution in [0.1, 0.15) is 33.9 Å². The number of carbonyl (C=O) groups excluding carboxylic acids is 2. The first kappa shape index (κ1) is 24.2. The maximum Gasteiger partial charge on any atom is 0.262 e. The van der Waals surface area contributed by atoms with E-state index in [1.807, 2.05) is 30.3 Å². The fourth-order valence-corrected chi connectivity index (χ4v) is 4.03. The van der Waals surface area contributed by atoms with Crippen LogP contribution in [0.15, 0.2) is 84.0 Å². The average Bonchev–Trinajstić information content (AvgIpc) is 3.32. The Hall–Kier alpha value is -3.91. The van der Waals surface area contributed by atoms with E-state index in [0.717, 1.165) is 5.56 Å². The molecule has 3 aromatic carbocycles. The van der Waals surface area contributed by atoms with Gasteiger partial charge >= 0.3 is 0 Å². The van der Waals surface area contributed by atoms with Gasteiger partial charge in [-0.05, 0) is 23.8 Å². The highest BCUT2D eigenvalue weighted by Gasteiger charge is 2.35. The Morgan fingerprint density at radius 3 is 2.31 bits per heavy atom. The van der Waals surface area contributed by atoms with Crippen molar-refractivity contribution in [2.24, 2.45) is 5.10 Å². The summed E-state index contributed by atoms with van der Waals surface area (Å²) in [6.07, 6.45) is 0.315. The molecule has 1 aliphatic rings. The van der Waals surface area contributed by atoms with Gasteiger partial charge in [-0.15, -0.1) is 0 Å². The van der Waals surface area contributed by atoms with Crippen LogP contribution in [-0.2, 0) is 9.53 Å². The number of nitrogens with zero attached hydrogens (tertiary/aromatic N) is 3. The van der Waals surface area contributed by atoms with Gasteiger partial charge in [0.25, 0.3) is 11.8 Å². The molecule has 0 fully saturated rings. The van der Waals surface area contributed by atoms with Gasteiger partial charge in [-0.3, -0.25) is 9.59 Å². The van der Waals surface area contributed by atoms with E-state index in [4.69, 9.17) is 4.74 Å². The monoisotopic (exact) mass is 477 g/mol. The molecule has 0 aliphatic carbocycles. The number of benzene rings is 3. The number of hydrazone groups is 1. The third-order valence-electron chi connectivity index (χ3n) is 5.82. The summed E-state index contributed by atoms with van der Waals surface area (Å²) in [5.41, 5.74) is 1.46. The van der Waals surface area contributed by atoms with Crippen LogP contribution < -0.4 is 0 Å². The lowest BCUT2D eigenvalue weighted by Gasteiger charge is -2.27. The minimum Gasteiger partial charge on any atom is -0.383 e. The zero-order valence-electron chi connectivity index (χ0n) is 19.2. The summed E-state index contributed by atoms with van der Waals surface area (Å²) in [4.78, 5) is 27.8. The molecule has 2 amide bonds. The number of hydrogen-bond donors (Lipinski definition) is 0. The number of methoxy groups -OCH3 is 1. The molecule has 180 valence electrons. The number of amides is 2. The summed E-state index contributed by atoms with van der Waals surface area (Å²) >= 11 is 0. The summed E-state index contributed by atoms with van der Waals surface area (Å²) in [6, 6.07) is 20.7. The molecule has 8 heteroatoms. The molecule has 0 spiro atoms. The molecule has 3 aromatic rings.